The van der Waals surface area contributed by atoms with E-state index in [2.05, 4.69) is 93.2 Å². The molecule has 0 saturated carbocycles. The maximum absolute atomic E-state index is 5.56. The third kappa shape index (κ3) is 5.22. The molecule has 3 heterocycles. The smallest absolute Gasteiger partial charge is 0.247 e. The highest BCUT2D eigenvalue weighted by atomic mass is 16.4. The Morgan fingerprint density at radius 2 is 0.652 bits per heavy atom. The minimum Gasteiger partial charge on any atom is -0.421 e. The normalized spacial score (nSPS) is 11.3. The molecule has 0 N–H and O–H groups in total. The molecular formula is C38H26N6O2. The molecular weight excluding hydrogens is 572 g/mol. The summed E-state index contributed by atoms with van der Waals surface area (Å²) < 4.78 is 11.1. The van der Waals surface area contributed by atoms with E-state index in [-0.39, 0.29) is 0 Å². The summed E-state index contributed by atoms with van der Waals surface area (Å²) in [6.07, 6.45) is 0. The van der Waals surface area contributed by atoms with Crippen molar-refractivity contribution in [3.05, 3.63) is 133 Å². The van der Waals surface area contributed by atoms with Crippen molar-refractivity contribution in [3.8, 4) is 67.7 Å². The van der Waals surface area contributed by atoms with Gasteiger partial charge < -0.3 is 8.83 Å². The first-order chi connectivity index (χ1) is 22.6. The Balaban J connectivity index is 1.10. The second kappa shape index (κ2) is 11.3. The standard InChI is InChI=1S/C38H26N6O2/c1-23-41-43-37(45-23)31-19-11-27(12-20-31)25-7-15-29(16-8-25)35-36(40-34-6-4-3-5-33(34)39-35)30-17-9-26(10-18-30)28-13-21-32(22-14-28)38-44-42-24(2)46-38/h3-22H,1-2H3. The van der Waals surface area contributed by atoms with E-state index in [1.54, 1.807) is 13.8 Å². The lowest BCUT2D eigenvalue weighted by atomic mass is 9.97. The molecule has 0 aliphatic rings. The Morgan fingerprint density at radius 1 is 0.348 bits per heavy atom. The Kier molecular flexibility index (Phi) is 6.72. The van der Waals surface area contributed by atoms with Crippen LogP contribution in [0.5, 0.6) is 0 Å². The maximum atomic E-state index is 5.56. The fourth-order valence-corrected chi connectivity index (χ4v) is 5.48. The number of hydrogen-bond acceptors (Lipinski definition) is 8. The maximum Gasteiger partial charge on any atom is 0.247 e. The van der Waals surface area contributed by atoms with E-state index in [1.807, 2.05) is 48.5 Å². The van der Waals surface area contributed by atoms with E-state index in [0.717, 1.165) is 66.9 Å². The molecule has 0 atom stereocenters. The van der Waals surface area contributed by atoms with Crippen molar-refractivity contribution in [2.75, 3.05) is 0 Å². The molecule has 0 unspecified atom stereocenters. The molecule has 0 aliphatic carbocycles. The minimum absolute atomic E-state index is 0.517. The van der Waals surface area contributed by atoms with E-state index in [0.29, 0.717) is 23.6 Å². The van der Waals surface area contributed by atoms with Gasteiger partial charge in [0.05, 0.1) is 22.4 Å². The first-order valence-electron chi connectivity index (χ1n) is 14.9. The number of aromatic nitrogens is 6. The molecule has 0 fully saturated rings. The van der Waals surface area contributed by atoms with Crippen LogP contribution < -0.4 is 0 Å². The van der Waals surface area contributed by atoms with Gasteiger partial charge in [-0.1, -0.05) is 84.9 Å². The molecule has 8 heteroatoms. The summed E-state index contributed by atoms with van der Waals surface area (Å²) in [6, 6.07) is 41.1. The lowest BCUT2D eigenvalue weighted by Gasteiger charge is -2.12. The van der Waals surface area contributed by atoms with Crippen molar-refractivity contribution in [1.29, 1.82) is 0 Å². The number of fused-ring (bicyclic) bond motifs is 1. The van der Waals surface area contributed by atoms with Crippen LogP contribution in [0.2, 0.25) is 0 Å². The molecule has 0 spiro atoms. The van der Waals surface area contributed by atoms with Gasteiger partial charge in [-0.25, -0.2) is 9.97 Å². The number of hydrogen-bond donors (Lipinski definition) is 0. The SMILES string of the molecule is Cc1nnc(-c2ccc(-c3ccc(-c4nc5ccccc5nc4-c4ccc(-c5ccc(-c6nnc(C)o6)cc5)cc4)cc3)cc2)o1. The summed E-state index contributed by atoms with van der Waals surface area (Å²) in [6.45, 7) is 3.57. The van der Waals surface area contributed by atoms with Crippen LogP contribution in [-0.2, 0) is 0 Å². The fraction of sp³-hybridized carbons (Fsp3) is 0.0526. The average Bonchev–Trinajstić information content (AvgIpc) is 3.76. The first kappa shape index (κ1) is 27.3. The predicted molar refractivity (Wildman–Crippen MR) is 177 cm³/mol. The number of rotatable bonds is 6. The number of para-hydroxylation sites is 2. The van der Waals surface area contributed by atoms with Gasteiger partial charge in [0, 0.05) is 36.1 Å². The van der Waals surface area contributed by atoms with Crippen molar-refractivity contribution in [3.63, 3.8) is 0 Å². The molecule has 0 amide bonds. The third-order valence-electron chi connectivity index (χ3n) is 7.87. The second-order valence-corrected chi connectivity index (χ2v) is 11.0. The molecule has 0 radical (unpaired) electrons. The van der Waals surface area contributed by atoms with Crippen LogP contribution in [0, 0.1) is 13.8 Å². The molecule has 220 valence electrons. The monoisotopic (exact) mass is 598 g/mol. The van der Waals surface area contributed by atoms with Gasteiger partial charge in [0.25, 0.3) is 0 Å². The van der Waals surface area contributed by atoms with Gasteiger partial charge in [-0.2, -0.15) is 0 Å². The van der Waals surface area contributed by atoms with Crippen molar-refractivity contribution in [2.24, 2.45) is 0 Å². The largest absolute Gasteiger partial charge is 0.421 e. The summed E-state index contributed by atoms with van der Waals surface area (Å²) in [7, 11) is 0. The summed E-state index contributed by atoms with van der Waals surface area (Å²) in [4.78, 5) is 10.2. The Bertz CT molecular complexity index is 2140. The van der Waals surface area contributed by atoms with Crippen LogP contribution >= 0.6 is 0 Å². The highest BCUT2D eigenvalue weighted by Crippen LogP contribution is 2.34. The zero-order chi connectivity index (χ0) is 31.0. The van der Waals surface area contributed by atoms with E-state index < -0.39 is 0 Å². The average molecular weight is 599 g/mol. The molecule has 0 aliphatic heterocycles. The van der Waals surface area contributed by atoms with Gasteiger partial charge in [0.2, 0.25) is 23.6 Å². The Morgan fingerprint density at radius 3 is 0.957 bits per heavy atom. The van der Waals surface area contributed by atoms with E-state index in [9.17, 15) is 0 Å². The molecule has 46 heavy (non-hydrogen) atoms. The highest BCUT2D eigenvalue weighted by molar-refractivity contribution is 5.87. The van der Waals surface area contributed by atoms with Crippen molar-refractivity contribution >= 4 is 11.0 Å². The lowest BCUT2D eigenvalue weighted by Crippen LogP contribution is -1.95. The molecule has 0 bridgehead atoms. The van der Waals surface area contributed by atoms with Crippen LogP contribution in [0.15, 0.2) is 130 Å². The van der Waals surface area contributed by atoms with Crippen molar-refractivity contribution < 1.29 is 8.83 Å². The number of nitrogens with zero attached hydrogens (tertiary/aromatic N) is 6. The highest BCUT2D eigenvalue weighted by Gasteiger charge is 2.15. The molecule has 8 aromatic rings. The van der Waals surface area contributed by atoms with Crippen molar-refractivity contribution in [1.82, 2.24) is 30.4 Å². The van der Waals surface area contributed by atoms with E-state index >= 15 is 0 Å². The first-order valence-corrected chi connectivity index (χ1v) is 14.9. The van der Waals surface area contributed by atoms with Gasteiger partial charge in [-0.15, -0.1) is 20.4 Å². The van der Waals surface area contributed by atoms with Gasteiger partial charge in [-0.05, 0) is 58.7 Å². The van der Waals surface area contributed by atoms with Crippen LogP contribution in [0.4, 0.5) is 0 Å². The fourth-order valence-electron chi connectivity index (χ4n) is 5.48. The van der Waals surface area contributed by atoms with Crippen LogP contribution in [0.1, 0.15) is 11.8 Å². The van der Waals surface area contributed by atoms with E-state index in [4.69, 9.17) is 18.8 Å². The second-order valence-electron chi connectivity index (χ2n) is 11.0. The summed E-state index contributed by atoms with van der Waals surface area (Å²) in [5.41, 5.74) is 11.5. The summed E-state index contributed by atoms with van der Waals surface area (Å²) in [5.74, 6) is 2.12. The summed E-state index contributed by atoms with van der Waals surface area (Å²) >= 11 is 0. The summed E-state index contributed by atoms with van der Waals surface area (Å²) in [5, 5.41) is 16.1. The molecule has 8 nitrogen and oxygen atoms in total. The Labute approximate surface area is 264 Å². The van der Waals surface area contributed by atoms with Gasteiger partial charge in [0.15, 0.2) is 0 Å². The van der Waals surface area contributed by atoms with Gasteiger partial charge in [-0.3, -0.25) is 0 Å². The predicted octanol–water partition coefficient (Wildman–Crippen LogP) is 9.01. The lowest BCUT2D eigenvalue weighted by molar-refractivity contribution is 0.532. The van der Waals surface area contributed by atoms with Gasteiger partial charge in [0.1, 0.15) is 0 Å². The van der Waals surface area contributed by atoms with Gasteiger partial charge >= 0.3 is 0 Å². The molecule has 8 rings (SSSR count). The van der Waals surface area contributed by atoms with E-state index in [1.165, 1.54) is 0 Å². The minimum atomic E-state index is 0.517. The van der Waals surface area contributed by atoms with Crippen LogP contribution in [0.25, 0.3) is 78.7 Å². The third-order valence-corrected chi connectivity index (χ3v) is 7.87. The van der Waals surface area contributed by atoms with Crippen LogP contribution in [-0.4, -0.2) is 30.4 Å². The van der Waals surface area contributed by atoms with Crippen LogP contribution in [0.3, 0.4) is 0 Å². The number of benzene rings is 5. The Hall–Kier alpha value is -6.28. The molecule has 0 saturated heterocycles. The zero-order valence-corrected chi connectivity index (χ0v) is 25.0. The molecule has 5 aromatic carbocycles. The quantitative estimate of drug-likeness (QED) is 0.187. The zero-order valence-electron chi connectivity index (χ0n) is 25.0. The number of aryl methyl sites for hydroxylation is 2. The topological polar surface area (TPSA) is 104 Å². The van der Waals surface area contributed by atoms with Crippen molar-refractivity contribution in [2.45, 2.75) is 13.8 Å². The molecule has 3 aromatic heterocycles.